The van der Waals surface area contributed by atoms with Crippen LogP contribution in [0.3, 0.4) is 0 Å². The first-order valence-corrected chi connectivity index (χ1v) is 11.0. The first kappa shape index (κ1) is 24.4. The molecule has 176 valence electrons. The third-order valence-electron chi connectivity index (χ3n) is 5.01. The van der Waals surface area contributed by atoms with Crippen LogP contribution >= 0.6 is 0 Å². The van der Waals surface area contributed by atoms with Gasteiger partial charge in [0.15, 0.2) is 11.5 Å². The Morgan fingerprint density at radius 1 is 0.941 bits per heavy atom. The number of benzene rings is 3. The Bertz CT molecular complexity index is 1140. The van der Waals surface area contributed by atoms with Crippen LogP contribution in [-0.2, 0) is 24.2 Å². The molecule has 3 rings (SSSR count). The van der Waals surface area contributed by atoms with Gasteiger partial charge in [-0.15, -0.1) is 0 Å². The number of nitrogens with zero attached hydrogens (tertiary/aromatic N) is 2. The van der Waals surface area contributed by atoms with Gasteiger partial charge in [0.2, 0.25) is 5.91 Å². The fourth-order valence-electron chi connectivity index (χ4n) is 3.16. The molecule has 0 saturated heterocycles. The lowest BCUT2D eigenvalue weighted by atomic mass is 10.1. The van der Waals surface area contributed by atoms with Crippen LogP contribution in [0, 0.1) is 10.1 Å². The van der Waals surface area contributed by atoms with Gasteiger partial charge < -0.3 is 9.47 Å². The number of ether oxygens (including phenoxy) is 2. The summed E-state index contributed by atoms with van der Waals surface area (Å²) in [5.74, 6) is 0.876. The number of carbonyl (C=O) groups is 1. The van der Waals surface area contributed by atoms with Gasteiger partial charge in [0.1, 0.15) is 6.61 Å². The lowest BCUT2D eigenvalue weighted by Gasteiger charge is -2.12. The summed E-state index contributed by atoms with van der Waals surface area (Å²) in [7, 11) is 0. The minimum Gasteiger partial charge on any atom is -0.490 e. The number of hydrogen-bond donors (Lipinski definition) is 1. The van der Waals surface area contributed by atoms with Crippen molar-refractivity contribution in [1.29, 1.82) is 0 Å². The number of nitro groups is 1. The summed E-state index contributed by atoms with van der Waals surface area (Å²) in [6.45, 7) is 4.64. The highest BCUT2D eigenvalue weighted by Gasteiger charge is 2.09. The summed E-state index contributed by atoms with van der Waals surface area (Å²) < 4.78 is 11.5. The molecule has 0 fully saturated rings. The van der Waals surface area contributed by atoms with Crippen molar-refractivity contribution in [2.45, 2.75) is 33.3 Å². The number of carbonyl (C=O) groups excluding carboxylic acids is 1. The smallest absolute Gasteiger partial charge is 0.269 e. The van der Waals surface area contributed by atoms with Crippen molar-refractivity contribution in [3.8, 4) is 11.5 Å². The van der Waals surface area contributed by atoms with E-state index in [9.17, 15) is 14.9 Å². The zero-order chi connectivity index (χ0) is 24.3. The molecule has 34 heavy (non-hydrogen) atoms. The van der Waals surface area contributed by atoms with Crippen LogP contribution in [0.5, 0.6) is 11.5 Å². The molecular weight excluding hydrogens is 434 g/mol. The van der Waals surface area contributed by atoms with Crippen molar-refractivity contribution < 1.29 is 19.2 Å². The molecule has 0 aromatic heterocycles. The van der Waals surface area contributed by atoms with Crippen molar-refractivity contribution in [3.05, 3.63) is 99.1 Å². The number of nitrogens with one attached hydrogen (secondary N) is 1. The van der Waals surface area contributed by atoms with E-state index in [2.05, 4.69) is 17.5 Å². The molecule has 1 amide bonds. The Morgan fingerprint density at radius 2 is 1.62 bits per heavy atom. The van der Waals surface area contributed by atoms with Gasteiger partial charge in [0, 0.05) is 12.1 Å². The summed E-state index contributed by atoms with van der Waals surface area (Å²) in [6, 6.07) is 19.5. The third kappa shape index (κ3) is 7.16. The Kier molecular flexibility index (Phi) is 8.73. The molecule has 8 heteroatoms. The highest BCUT2D eigenvalue weighted by Crippen LogP contribution is 2.29. The van der Waals surface area contributed by atoms with E-state index in [1.165, 1.54) is 17.7 Å². The lowest BCUT2D eigenvalue weighted by molar-refractivity contribution is -0.384. The number of hydrazone groups is 1. The highest BCUT2D eigenvalue weighted by molar-refractivity contribution is 5.84. The van der Waals surface area contributed by atoms with E-state index >= 15 is 0 Å². The minimum absolute atomic E-state index is 0.0314. The summed E-state index contributed by atoms with van der Waals surface area (Å²) in [5.41, 5.74) is 6.27. The Morgan fingerprint density at radius 3 is 2.26 bits per heavy atom. The second kappa shape index (κ2) is 12.2. The maximum absolute atomic E-state index is 12.2. The fraction of sp³-hybridized carbons (Fsp3) is 0.231. The van der Waals surface area contributed by atoms with Crippen LogP contribution in [0.4, 0.5) is 5.69 Å². The van der Waals surface area contributed by atoms with E-state index in [1.54, 1.807) is 36.5 Å². The zero-order valence-corrected chi connectivity index (χ0v) is 19.2. The molecule has 0 aliphatic heterocycles. The summed E-state index contributed by atoms with van der Waals surface area (Å²) in [4.78, 5) is 22.5. The Balaban J connectivity index is 1.58. The molecule has 0 bridgehead atoms. The SMILES string of the molecule is CCOc1cc(/C=N/NC(=O)Cc2ccc(CC)cc2)ccc1OCc1ccc([N+](=O)[O-])cc1. The number of non-ortho nitro benzene ring substituents is 1. The van der Waals surface area contributed by atoms with Gasteiger partial charge in [-0.3, -0.25) is 14.9 Å². The molecule has 0 spiro atoms. The second-order valence-corrected chi connectivity index (χ2v) is 7.49. The lowest BCUT2D eigenvalue weighted by Crippen LogP contribution is -2.19. The van der Waals surface area contributed by atoms with Crippen molar-refractivity contribution in [2.75, 3.05) is 6.61 Å². The van der Waals surface area contributed by atoms with Crippen LogP contribution in [0.25, 0.3) is 0 Å². The van der Waals surface area contributed by atoms with Crippen molar-refractivity contribution in [1.82, 2.24) is 5.43 Å². The summed E-state index contributed by atoms with van der Waals surface area (Å²) >= 11 is 0. The fourth-order valence-corrected chi connectivity index (χ4v) is 3.16. The highest BCUT2D eigenvalue weighted by atomic mass is 16.6. The minimum atomic E-state index is -0.440. The topological polar surface area (TPSA) is 103 Å². The van der Waals surface area contributed by atoms with Gasteiger partial charge in [-0.25, -0.2) is 5.43 Å². The summed E-state index contributed by atoms with van der Waals surface area (Å²) in [5, 5.41) is 14.8. The average Bonchev–Trinajstić information content (AvgIpc) is 2.84. The molecule has 0 heterocycles. The van der Waals surface area contributed by atoms with Crippen LogP contribution in [0.2, 0.25) is 0 Å². The van der Waals surface area contributed by atoms with Crippen LogP contribution < -0.4 is 14.9 Å². The van der Waals surface area contributed by atoms with Crippen LogP contribution in [0.1, 0.15) is 36.1 Å². The second-order valence-electron chi connectivity index (χ2n) is 7.49. The quantitative estimate of drug-likeness (QED) is 0.250. The monoisotopic (exact) mass is 461 g/mol. The molecule has 0 unspecified atom stereocenters. The first-order chi connectivity index (χ1) is 16.5. The molecule has 0 aliphatic rings. The molecule has 3 aromatic rings. The Labute approximate surface area is 198 Å². The standard InChI is InChI=1S/C26H27N3O5/c1-3-19-5-7-20(8-6-19)16-26(30)28-27-17-22-11-14-24(25(15-22)33-4-2)34-18-21-9-12-23(13-10-21)29(31)32/h5-15,17H,3-4,16,18H2,1-2H3,(H,28,30)/b27-17+. The molecule has 0 atom stereocenters. The number of amides is 1. The van der Waals surface area contributed by atoms with Gasteiger partial charge in [0.25, 0.3) is 5.69 Å². The average molecular weight is 462 g/mol. The van der Waals surface area contributed by atoms with Gasteiger partial charge in [-0.2, -0.15) is 5.10 Å². The van der Waals surface area contributed by atoms with Crippen LogP contribution in [0.15, 0.2) is 71.8 Å². The van der Waals surface area contributed by atoms with E-state index in [1.807, 2.05) is 31.2 Å². The number of aryl methyl sites for hydroxylation is 1. The van der Waals surface area contributed by atoms with Gasteiger partial charge in [-0.1, -0.05) is 31.2 Å². The maximum atomic E-state index is 12.2. The predicted molar refractivity (Wildman–Crippen MR) is 130 cm³/mol. The maximum Gasteiger partial charge on any atom is 0.269 e. The van der Waals surface area contributed by atoms with E-state index in [0.717, 1.165) is 23.1 Å². The number of hydrogen-bond acceptors (Lipinski definition) is 6. The third-order valence-corrected chi connectivity index (χ3v) is 5.01. The van der Waals surface area contributed by atoms with Crippen molar-refractivity contribution in [3.63, 3.8) is 0 Å². The Hall–Kier alpha value is -4.20. The molecule has 1 N–H and O–H groups in total. The van der Waals surface area contributed by atoms with E-state index < -0.39 is 4.92 Å². The molecule has 3 aromatic carbocycles. The molecule has 0 radical (unpaired) electrons. The first-order valence-electron chi connectivity index (χ1n) is 11.0. The normalized spacial score (nSPS) is 10.8. The van der Waals surface area contributed by atoms with Crippen molar-refractivity contribution in [2.24, 2.45) is 5.10 Å². The van der Waals surface area contributed by atoms with Gasteiger partial charge in [0.05, 0.1) is 24.2 Å². The van der Waals surface area contributed by atoms with Gasteiger partial charge >= 0.3 is 0 Å². The van der Waals surface area contributed by atoms with Gasteiger partial charge in [-0.05, 0) is 65.9 Å². The molecule has 0 saturated carbocycles. The zero-order valence-electron chi connectivity index (χ0n) is 19.2. The molecular formula is C26H27N3O5. The molecule has 0 aliphatic carbocycles. The molecule has 8 nitrogen and oxygen atoms in total. The largest absolute Gasteiger partial charge is 0.490 e. The van der Waals surface area contributed by atoms with E-state index in [-0.39, 0.29) is 24.6 Å². The number of rotatable bonds is 11. The van der Waals surface area contributed by atoms with E-state index in [4.69, 9.17) is 9.47 Å². The van der Waals surface area contributed by atoms with E-state index in [0.29, 0.717) is 18.1 Å². The number of nitro benzene ring substituents is 1. The van der Waals surface area contributed by atoms with Crippen LogP contribution in [-0.4, -0.2) is 23.7 Å². The summed E-state index contributed by atoms with van der Waals surface area (Å²) in [6.07, 6.45) is 2.75. The predicted octanol–water partition coefficient (Wildman–Crippen LogP) is 4.83. The van der Waals surface area contributed by atoms with Crippen molar-refractivity contribution >= 4 is 17.8 Å².